The van der Waals surface area contributed by atoms with Crippen LogP contribution in [0.4, 0.5) is 0 Å². The Bertz CT molecular complexity index is 763. The van der Waals surface area contributed by atoms with Crippen LogP contribution in [0, 0.1) is 26.2 Å². The van der Waals surface area contributed by atoms with Gasteiger partial charge in [-0.1, -0.05) is 44.5 Å². The van der Waals surface area contributed by atoms with Crippen LogP contribution in [0.1, 0.15) is 44.4 Å². The van der Waals surface area contributed by atoms with Crippen LogP contribution in [0.25, 0.3) is 0 Å². The summed E-state index contributed by atoms with van der Waals surface area (Å²) in [5, 5.41) is 0. The summed E-state index contributed by atoms with van der Waals surface area (Å²) in [5.41, 5.74) is 2.36. The summed E-state index contributed by atoms with van der Waals surface area (Å²) in [5.74, 6) is -0.476. The maximum Gasteiger partial charge on any atom is 0.333 e. The Morgan fingerprint density at radius 3 is 2.04 bits per heavy atom. The first-order valence-electron chi connectivity index (χ1n) is 8.16. The molecule has 0 heterocycles. The lowest BCUT2D eigenvalue weighted by molar-refractivity contribution is -0.136. The van der Waals surface area contributed by atoms with E-state index in [2.05, 4.69) is 4.72 Å². The fourth-order valence-corrected chi connectivity index (χ4v) is 4.60. The molecule has 140 valence electrons. The minimum atomic E-state index is -3.75. The number of nitrogens with one attached hydrogen (secondary N) is 1. The van der Waals surface area contributed by atoms with Crippen molar-refractivity contribution in [2.75, 3.05) is 7.11 Å². The molecule has 0 saturated heterocycles. The van der Waals surface area contributed by atoms with E-state index in [1.54, 1.807) is 26.8 Å². The van der Waals surface area contributed by atoms with Gasteiger partial charge in [0, 0.05) is 11.6 Å². The topological polar surface area (TPSA) is 72.5 Å². The zero-order chi connectivity index (χ0) is 19.6. The predicted molar refractivity (Wildman–Crippen MR) is 100.0 cm³/mol. The van der Waals surface area contributed by atoms with Crippen molar-refractivity contribution in [1.29, 1.82) is 0 Å². The molecule has 0 bridgehead atoms. The average molecular weight is 368 g/mol. The van der Waals surface area contributed by atoms with Gasteiger partial charge in [0.15, 0.2) is 0 Å². The lowest BCUT2D eigenvalue weighted by Gasteiger charge is -2.30. The summed E-state index contributed by atoms with van der Waals surface area (Å²) in [7, 11) is -2.44. The van der Waals surface area contributed by atoms with Crippen LogP contribution in [0.5, 0.6) is 0 Å². The molecular weight excluding hydrogens is 338 g/mol. The zero-order valence-corrected chi connectivity index (χ0v) is 17.2. The van der Waals surface area contributed by atoms with Crippen LogP contribution in [0.3, 0.4) is 0 Å². The average Bonchev–Trinajstić information content (AvgIpc) is 2.42. The summed E-state index contributed by atoms with van der Waals surface area (Å²) >= 11 is 0. The van der Waals surface area contributed by atoms with E-state index in [1.165, 1.54) is 7.11 Å². The van der Waals surface area contributed by atoms with Crippen molar-refractivity contribution < 1.29 is 17.9 Å². The molecule has 0 radical (unpaired) electrons. The molecule has 0 spiro atoms. The number of hydrogen-bond acceptors (Lipinski definition) is 4. The van der Waals surface area contributed by atoms with Gasteiger partial charge in [-0.05, 0) is 44.2 Å². The lowest BCUT2D eigenvalue weighted by Crippen LogP contribution is -2.43. The third kappa shape index (κ3) is 5.41. The first-order valence-corrected chi connectivity index (χ1v) is 9.65. The van der Waals surface area contributed by atoms with E-state index < -0.39 is 27.4 Å². The van der Waals surface area contributed by atoms with Gasteiger partial charge in [0.25, 0.3) is 0 Å². The highest BCUT2D eigenvalue weighted by atomic mass is 32.2. The summed E-state index contributed by atoms with van der Waals surface area (Å²) in [6.07, 6.45) is 1.61. The number of sulfonamides is 1. The standard InChI is InChI=1S/C19H29NO4S/c1-12-9-13(2)17(14(3)10-12)25(22,23)20-16(19(5,6)7)11-15(4)18(21)24-8/h9-11,16,20H,1-8H3/b15-11+/t16-/m1/s1. The van der Waals surface area contributed by atoms with Crippen LogP contribution in [0.15, 0.2) is 28.7 Å². The van der Waals surface area contributed by atoms with Gasteiger partial charge in [-0.3, -0.25) is 0 Å². The molecular formula is C19H29NO4S. The van der Waals surface area contributed by atoms with E-state index in [4.69, 9.17) is 4.74 Å². The van der Waals surface area contributed by atoms with Gasteiger partial charge in [0.05, 0.1) is 12.0 Å². The summed E-state index contributed by atoms with van der Waals surface area (Å²) < 4.78 is 33.5. The SMILES string of the molecule is COC(=O)/C(C)=C/[C@@H](NS(=O)(=O)c1c(C)cc(C)cc1C)C(C)(C)C. The van der Waals surface area contributed by atoms with Gasteiger partial charge in [-0.2, -0.15) is 0 Å². The van der Waals surface area contributed by atoms with Gasteiger partial charge in [-0.15, -0.1) is 0 Å². The Labute approximate surface area is 151 Å². The third-order valence-electron chi connectivity index (χ3n) is 4.01. The van der Waals surface area contributed by atoms with E-state index in [0.717, 1.165) is 5.56 Å². The van der Waals surface area contributed by atoms with Crippen molar-refractivity contribution >= 4 is 16.0 Å². The van der Waals surface area contributed by atoms with E-state index >= 15 is 0 Å². The molecule has 0 fully saturated rings. The van der Waals surface area contributed by atoms with Crippen LogP contribution in [0.2, 0.25) is 0 Å². The monoisotopic (exact) mass is 367 g/mol. The molecule has 1 aromatic rings. The number of rotatable bonds is 5. The van der Waals surface area contributed by atoms with E-state index in [1.807, 2.05) is 39.8 Å². The lowest BCUT2D eigenvalue weighted by atomic mass is 9.86. The molecule has 0 aliphatic heterocycles. The smallest absolute Gasteiger partial charge is 0.333 e. The first-order chi connectivity index (χ1) is 11.3. The largest absolute Gasteiger partial charge is 0.466 e. The van der Waals surface area contributed by atoms with Crippen LogP contribution >= 0.6 is 0 Å². The first kappa shape index (κ1) is 21.4. The minimum absolute atomic E-state index is 0.288. The molecule has 0 saturated carbocycles. The summed E-state index contributed by atoms with van der Waals surface area (Å²) in [6.45, 7) is 12.9. The van der Waals surface area contributed by atoms with Gasteiger partial charge >= 0.3 is 5.97 Å². The Kier molecular flexibility index (Phi) is 6.59. The van der Waals surface area contributed by atoms with E-state index in [9.17, 15) is 13.2 Å². The highest BCUT2D eigenvalue weighted by molar-refractivity contribution is 7.89. The molecule has 1 atom stereocenters. The Morgan fingerprint density at radius 1 is 1.16 bits per heavy atom. The van der Waals surface area contributed by atoms with Gasteiger partial charge in [0.2, 0.25) is 10.0 Å². The number of methoxy groups -OCH3 is 1. The maximum atomic E-state index is 13.0. The van der Waals surface area contributed by atoms with Crippen LogP contribution in [-0.4, -0.2) is 27.5 Å². The van der Waals surface area contributed by atoms with Crippen LogP contribution in [-0.2, 0) is 19.6 Å². The number of carbonyl (C=O) groups is 1. The van der Waals surface area contributed by atoms with Crippen molar-refractivity contribution in [2.45, 2.75) is 59.4 Å². The summed E-state index contributed by atoms with van der Waals surface area (Å²) in [4.78, 5) is 12.0. The quantitative estimate of drug-likeness (QED) is 0.639. The summed E-state index contributed by atoms with van der Waals surface area (Å²) in [6, 6.07) is 3.14. The van der Waals surface area contributed by atoms with Crippen molar-refractivity contribution in [3.05, 3.63) is 40.5 Å². The maximum absolute atomic E-state index is 13.0. The highest BCUT2D eigenvalue weighted by Gasteiger charge is 2.30. The van der Waals surface area contributed by atoms with Gasteiger partial charge in [-0.25, -0.2) is 17.9 Å². The molecule has 1 aromatic carbocycles. The molecule has 0 aliphatic rings. The normalized spacial score (nSPS) is 14.3. The van der Waals surface area contributed by atoms with Gasteiger partial charge < -0.3 is 4.74 Å². The van der Waals surface area contributed by atoms with E-state index in [-0.39, 0.29) is 4.90 Å². The number of aryl methyl sites for hydroxylation is 3. The van der Waals surface area contributed by atoms with Crippen molar-refractivity contribution in [2.24, 2.45) is 5.41 Å². The molecule has 0 aromatic heterocycles. The third-order valence-corrected chi connectivity index (χ3v) is 5.76. The van der Waals surface area contributed by atoms with Crippen molar-refractivity contribution in [3.8, 4) is 0 Å². The number of carbonyl (C=O) groups excluding carboxylic acids is 1. The van der Waals surface area contributed by atoms with Crippen molar-refractivity contribution in [1.82, 2.24) is 4.72 Å². The minimum Gasteiger partial charge on any atom is -0.466 e. The van der Waals surface area contributed by atoms with Gasteiger partial charge in [0.1, 0.15) is 0 Å². The predicted octanol–water partition coefficient (Wildman–Crippen LogP) is 3.42. The molecule has 1 N–H and O–H groups in total. The number of hydrogen-bond donors (Lipinski definition) is 1. The second kappa shape index (κ2) is 7.70. The zero-order valence-electron chi connectivity index (χ0n) is 16.4. The second-order valence-corrected chi connectivity index (χ2v) is 9.18. The number of esters is 1. The fraction of sp³-hybridized carbons (Fsp3) is 0.526. The second-order valence-electron chi connectivity index (χ2n) is 7.53. The molecule has 1 rings (SSSR count). The highest BCUT2D eigenvalue weighted by Crippen LogP contribution is 2.26. The molecule has 25 heavy (non-hydrogen) atoms. The number of ether oxygens (including phenoxy) is 1. The molecule has 6 heteroatoms. The molecule has 0 amide bonds. The molecule has 0 unspecified atom stereocenters. The number of benzene rings is 1. The van der Waals surface area contributed by atoms with Crippen molar-refractivity contribution in [3.63, 3.8) is 0 Å². The fourth-order valence-electron chi connectivity index (χ4n) is 2.76. The molecule has 0 aliphatic carbocycles. The Balaban J connectivity index is 3.36. The van der Waals surface area contributed by atoms with E-state index in [0.29, 0.717) is 16.7 Å². The van der Waals surface area contributed by atoms with Crippen LogP contribution < -0.4 is 4.72 Å². The Morgan fingerprint density at radius 2 is 1.64 bits per heavy atom. The molecule has 5 nitrogen and oxygen atoms in total. The Hall–Kier alpha value is -1.66.